The highest BCUT2D eigenvalue weighted by molar-refractivity contribution is 6.15. The van der Waals surface area contributed by atoms with Crippen molar-refractivity contribution in [3.8, 4) is 33.4 Å². The van der Waals surface area contributed by atoms with E-state index in [2.05, 4.69) is 252 Å². The molecular formula is C60H42N2. The number of fused-ring (bicyclic) bond motifs is 7. The molecule has 0 saturated heterocycles. The van der Waals surface area contributed by atoms with E-state index in [1.54, 1.807) is 0 Å². The molecule has 2 atom stereocenters. The highest BCUT2D eigenvalue weighted by Gasteiger charge is 2.37. The lowest BCUT2D eigenvalue weighted by molar-refractivity contribution is 0.745. The van der Waals surface area contributed by atoms with Crippen molar-refractivity contribution < 1.29 is 0 Å². The average Bonchev–Trinajstić information content (AvgIpc) is 3.68. The lowest BCUT2D eigenvalue weighted by atomic mass is 9.91. The predicted octanol–water partition coefficient (Wildman–Crippen LogP) is 16.3. The van der Waals surface area contributed by atoms with Gasteiger partial charge in [-0.2, -0.15) is 0 Å². The zero-order chi connectivity index (χ0) is 41.0. The Bertz CT molecular complexity index is 3380. The van der Waals surface area contributed by atoms with Gasteiger partial charge >= 0.3 is 0 Å². The monoisotopic (exact) mass is 790 g/mol. The fourth-order valence-electron chi connectivity index (χ4n) is 10.1. The van der Waals surface area contributed by atoms with Gasteiger partial charge in [0.05, 0.1) is 11.7 Å². The van der Waals surface area contributed by atoms with E-state index in [0.29, 0.717) is 5.92 Å². The van der Waals surface area contributed by atoms with Crippen LogP contribution in [0.4, 0.5) is 28.4 Å². The first-order chi connectivity index (χ1) is 30.8. The van der Waals surface area contributed by atoms with Crippen molar-refractivity contribution in [3.05, 3.63) is 248 Å². The maximum atomic E-state index is 2.54. The van der Waals surface area contributed by atoms with Gasteiger partial charge in [0.2, 0.25) is 0 Å². The molecule has 0 fully saturated rings. The van der Waals surface area contributed by atoms with Crippen molar-refractivity contribution in [3.63, 3.8) is 0 Å². The third-order valence-electron chi connectivity index (χ3n) is 13.0. The van der Waals surface area contributed by atoms with Crippen LogP contribution in [0, 0.1) is 0 Å². The highest BCUT2D eigenvalue weighted by Crippen LogP contribution is 2.50. The number of anilines is 5. The Kier molecular flexibility index (Phi) is 8.67. The Morgan fingerprint density at radius 3 is 1.74 bits per heavy atom. The molecule has 12 rings (SSSR count). The summed E-state index contributed by atoms with van der Waals surface area (Å²) in [4.78, 5) is 4.97. The molecule has 2 heteroatoms. The summed E-state index contributed by atoms with van der Waals surface area (Å²) in [5.41, 5.74) is 14.4. The molecule has 1 aliphatic carbocycles. The zero-order valence-electron chi connectivity index (χ0n) is 34.1. The Balaban J connectivity index is 0.996. The van der Waals surface area contributed by atoms with Crippen molar-refractivity contribution >= 4 is 60.8 Å². The zero-order valence-corrected chi connectivity index (χ0v) is 34.1. The molecule has 2 unspecified atom stereocenters. The van der Waals surface area contributed by atoms with Gasteiger partial charge in [0, 0.05) is 39.8 Å². The predicted molar refractivity (Wildman–Crippen MR) is 263 cm³/mol. The van der Waals surface area contributed by atoms with Gasteiger partial charge in [-0.3, -0.25) is 0 Å². The van der Waals surface area contributed by atoms with Crippen LogP contribution in [0.3, 0.4) is 0 Å². The largest absolute Gasteiger partial charge is 0.333 e. The third kappa shape index (κ3) is 6.03. The third-order valence-corrected chi connectivity index (χ3v) is 13.0. The first-order valence-corrected chi connectivity index (χ1v) is 21.6. The second-order valence-electron chi connectivity index (χ2n) is 16.4. The minimum Gasteiger partial charge on any atom is -0.333 e. The number of allylic oxidation sites excluding steroid dienone is 2. The summed E-state index contributed by atoms with van der Waals surface area (Å²) in [5.74, 6) is 0.326. The lowest BCUT2D eigenvalue weighted by Gasteiger charge is -2.31. The molecule has 0 N–H and O–H groups in total. The second kappa shape index (κ2) is 15.0. The van der Waals surface area contributed by atoms with Crippen LogP contribution in [0.25, 0.3) is 65.7 Å². The molecule has 10 aromatic rings. The van der Waals surface area contributed by atoms with Gasteiger partial charge in [-0.05, 0) is 115 Å². The molecule has 1 heterocycles. The standard InChI is InChI=1S/C60H42N2/c1-2-16-44-39-45(30-29-41(44)15-1)42-31-35-47(36-32-42)61(58-26-12-10-24-55(58)56-40-46-17-3-4-18-49(46)51-20-5-6-21-52(51)56)48-37-33-43(34-38-48)50-19-7-11-25-57(50)62-59-27-13-8-22-53(59)54-23-9-14-28-60(54)62/h1-40,53,59H. The van der Waals surface area contributed by atoms with Crippen LogP contribution >= 0.6 is 0 Å². The summed E-state index contributed by atoms with van der Waals surface area (Å²) >= 11 is 0. The molecule has 0 radical (unpaired) electrons. The first kappa shape index (κ1) is 36.0. The Hall–Kier alpha value is -7.94. The molecule has 0 bridgehead atoms. The minimum absolute atomic E-state index is 0.230. The Morgan fingerprint density at radius 2 is 0.935 bits per heavy atom. The van der Waals surface area contributed by atoms with Crippen LogP contribution in [0.2, 0.25) is 0 Å². The smallest absolute Gasteiger partial charge is 0.0629 e. The highest BCUT2D eigenvalue weighted by atomic mass is 15.2. The lowest BCUT2D eigenvalue weighted by Crippen LogP contribution is -2.28. The number of rotatable bonds is 7. The number of benzene rings is 10. The molecule has 10 aromatic carbocycles. The number of hydrogen-bond acceptors (Lipinski definition) is 2. The molecule has 62 heavy (non-hydrogen) atoms. The van der Waals surface area contributed by atoms with Gasteiger partial charge < -0.3 is 9.80 Å². The maximum Gasteiger partial charge on any atom is 0.0629 e. The molecule has 0 saturated carbocycles. The summed E-state index contributed by atoms with van der Waals surface area (Å²) < 4.78 is 0. The van der Waals surface area contributed by atoms with Crippen molar-refractivity contribution in [2.24, 2.45) is 0 Å². The molecule has 2 aliphatic rings. The van der Waals surface area contributed by atoms with Gasteiger partial charge in [-0.1, -0.05) is 188 Å². The summed E-state index contributed by atoms with van der Waals surface area (Å²) in [6.45, 7) is 0. The van der Waals surface area contributed by atoms with Crippen molar-refractivity contribution in [2.75, 3.05) is 9.80 Å². The van der Waals surface area contributed by atoms with Gasteiger partial charge in [-0.15, -0.1) is 0 Å². The molecule has 292 valence electrons. The van der Waals surface area contributed by atoms with E-state index in [0.717, 1.165) is 17.1 Å². The van der Waals surface area contributed by atoms with Crippen LogP contribution < -0.4 is 9.80 Å². The summed E-state index contributed by atoms with van der Waals surface area (Å²) in [6.07, 6.45) is 9.08. The summed E-state index contributed by atoms with van der Waals surface area (Å²) in [7, 11) is 0. The normalized spacial score (nSPS) is 15.3. The van der Waals surface area contributed by atoms with E-state index < -0.39 is 0 Å². The van der Waals surface area contributed by atoms with Crippen LogP contribution in [0.5, 0.6) is 0 Å². The van der Waals surface area contributed by atoms with Crippen molar-refractivity contribution in [1.29, 1.82) is 0 Å². The van der Waals surface area contributed by atoms with E-state index >= 15 is 0 Å². The molecule has 0 aromatic heterocycles. The quantitative estimate of drug-likeness (QED) is 0.148. The molecule has 2 nitrogen and oxygen atoms in total. The van der Waals surface area contributed by atoms with Crippen molar-refractivity contribution in [2.45, 2.75) is 12.0 Å². The van der Waals surface area contributed by atoms with Gasteiger partial charge in [0.1, 0.15) is 0 Å². The van der Waals surface area contributed by atoms with E-state index in [-0.39, 0.29) is 6.04 Å². The van der Waals surface area contributed by atoms with E-state index in [4.69, 9.17) is 0 Å². The number of nitrogens with zero attached hydrogens (tertiary/aromatic N) is 2. The molecule has 0 spiro atoms. The number of hydrogen-bond donors (Lipinski definition) is 0. The fourth-order valence-corrected chi connectivity index (χ4v) is 10.1. The van der Waals surface area contributed by atoms with Gasteiger partial charge in [0.15, 0.2) is 0 Å². The molecular weight excluding hydrogens is 749 g/mol. The van der Waals surface area contributed by atoms with Crippen LogP contribution in [0.1, 0.15) is 11.5 Å². The summed E-state index contributed by atoms with van der Waals surface area (Å²) in [5, 5.41) is 7.50. The Morgan fingerprint density at radius 1 is 0.355 bits per heavy atom. The topological polar surface area (TPSA) is 6.48 Å². The van der Waals surface area contributed by atoms with E-state index in [1.165, 1.54) is 82.6 Å². The van der Waals surface area contributed by atoms with Crippen LogP contribution in [-0.2, 0) is 0 Å². The van der Waals surface area contributed by atoms with Crippen LogP contribution in [0.15, 0.2) is 243 Å². The molecule has 1 aliphatic heterocycles. The van der Waals surface area contributed by atoms with Gasteiger partial charge in [-0.25, -0.2) is 0 Å². The van der Waals surface area contributed by atoms with Crippen LogP contribution in [-0.4, -0.2) is 6.04 Å². The fraction of sp³-hybridized carbons (Fsp3) is 0.0333. The molecule has 0 amide bonds. The van der Waals surface area contributed by atoms with E-state index in [9.17, 15) is 0 Å². The van der Waals surface area contributed by atoms with Crippen molar-refractivity contribution in [1.82, 2.24) is 0 Å². The second-order valence-corrected chi connectivity index (χ2v) is 16.4. The Labute approximate surface area is 362 Å². The number of para-hydroxylation sites is 3. The maximum absolute atomic E-state index is 2.54. The average molecular weight is 791 g/mol. The minimum atomic E-state index is 0.230. The first-order valence-electron chi connectivity index (χ1n) is 21.6. The van der Waals surface area contributed by atoms with E-state index in [1.807, 2.05) is 0 Å². The van der Waals surface area contributed by atoms with Gasteiger partial charge in [0.25, 0.3) is 0 Å². The SMILES string of the molecule is C1=CC2c3ccccc3N(c3ccccc3-c3ccc(N(c4ccc(-c5ccc6ccccc6c5)cc4)c4ccccc4-c4cc5ccccc5c5ccccc45)cc3)C2C=C1. The summed E-state index contributed by atoms with van der Waals surface area (Å²) in [6, 6.07) is 80.4.